The molecule has 1 aliphatic heterocycles. The summed E-state index contributed by atoms with van der Waals surface area (Å²) >= 11 is 6.04. The minimum Gasteiger partial charge on any atom is -0.495 e. The van der Waals surface area contributed by atoms with Gasteiger partial charge in [-0.2, -0.15) is 0 Å². The summed E-state index contributed by atoms with van der Waals surface area (Å²) in [6, 6.07) is 11.0. The third-order valence-electron chi connectivity index (χ3n) is 4.86. The molecule has 4 rings (SSSR count). The van der Waals surface area contributed by atoms with Crippen LogP contribution in [0.15, 0.2) is 42.6 Å². The average molecular weight is 386 g/mol. The highest BCUT2D eigenvalue weighted by atomic mass is 35.5. The number of fused-ring (bicyclic) bond motifs is 1. The molecule has 0 saturated carbocycles. The van der Waals surface area contributed by atoms with Gasteiger partial charge in [-0.05, 0) is 43.2 Å². The zero-order valence-corrected chi connectivity index (χ0v) is 15.7. The van der Waals surface area contributed by atoms with Crippen molar-refractivity contribution in [2.75, 3.05) is 30.4 Å². The van der Waals surface area contributed by atoms with E-state index >= 15 is 0 Å². The van der Waals surface area contributed by atoms with E-state index in [2.05, 4.69) is 20.4 Å². The number of nitrogens with one attached hydrogen (secondary N) is 1. The first kappa shape index (κ1) is 17.6. The predicted octanol–water partition coefficient (Wildman–Crippen LogP) is 3.25. The number of hydrogen-bond acceptors (Lipinski definition) is 5. The van der Waals surface area contributed by atoms with Gasteiger partial charge < -0.3 is 15.0 Å². The van der Waals surface area contributed by atoms with E-state index in [1.807, 2.05) is 28.8 Å². The Balaban J connectivity index is 1.42. The second-order valence-electron chi connectivity index (χ2n) is 6.52. The highest BCUT2D eigenvalue weighted by Gasteiger charge is 2.27. The average Bonchev–Trinajstić information content (AvgIpc) is 3.12. The molecule has 1 aliphatic rings. The Morgan fingerprint density at radius 2 is 2.04 bits per heavy atom. The molecule has 140 valence electrons. The van der Waals surface area contributed by atoms with Gasteiger partial charge in [0.15, 0.2) is 5.65 Å². The van der Waals surface area contributed by atoms with Crippen molar-refractivity contribution in [3.63, 3.8) is 0 Å². The number of aromatic nitrogens is 3. The van der Waals surface area contributed by atoms with E-state index in [-0.39, 0.29) is 11.8 Å². The summed E-state index contributed by atoms with van der Waals surface area (Å²) in [5, 5.41) is 12.0. The number of anilines is 2. The first-order valence-electron chi connectivity index (χ1n) is 8.85. The largest absolute Gasteiger partial charge is 0.495 e. The summed E-state index contributed by atoms with van der Waals surface area (Å²) in [6.45, 7) is 1.50. The highest BCUT2D eigenvalue weighted by molar-refractivity contribution is 6.31. The number of halogens is 1. The maximum absolute atomic E-state index is 12.7. The molecule has 0 atom stereocenters. The van der Waals surface area contributed by atoms with Crippen LogP contribution in [0.3, 0.4) is 0 Å². The molecule has 1 aromatic carbocycles. The molecule has 0 aliphatic carbocycles. The molecular formula is C19H20ClN5O2. The van der Waals surface area contributed by atoms with Gasteiger partial charge in [-0.25, -0.2) is 0 Å². The van der Waals surface area contributed by atoms with E-state index < -0.39 is 0 Å². The van der Waals surface area contributed by atoms with Crippen LogP contribution in [0.25, 0.3) is 5.65 Å². The van der Waals surface area contributed by atoms with Gasteiger partial charge in [0.25, 0.3) is 0 Å². The van der Waals surface area contributed by atoms with Crippen molar-refractivity contribution in [2.45, 2.75) is 12.8 Å². The van der Waals surface area contributed by atoms with Gasteiger partial charge in [-0.3, -0.25) is 9.20 Å². The van der Waals surface area contributed by atoms with E-state index in [4.69, 9.17) is 16.3 Å². The van der Waals surface area contributed by atoms with Gasteiger partial charge >= 0.3 is 0 Å². The molecule has 7 nitrogen and oxygen atoms in total. The van der Waals surface area contributed by atoms with Crippen LogP contribution in [0, 0.1) is 5.92 Å². The van der Waals surface area contributed by atoms with E-state index in [0.29, 0.717) is 16.5 Å². The van der Waals surface area contributed by atoms with Crippen molar-refractivity contribution in [3.8, 4) is 5.75 Å². The third-order valence-corrected chi connectivity index (χ3v) is 5.10. The van der Waals surface area contributed by atoms with Crippen LogP contribution in [0.2, 0.25) is 5.02 Å². The lowest BCUT2D eigenvalue weighted by atomic mass is 9.96. The fraction of sp³-hybridized carbons (Fsp3) is 0.316. The number of pyridine rings is 1. The molecule has 3 heterocycles. The molecule has 1 amide bonds. The van der Waals surface area contributed by atoms with Crippen LogP contribution >= 0.6 is 11.6 Å². The maximum Gasteiger partial charge on any atom is 0.231 e. The summed E-state index contributed by atoms with van der Waals surface area (Å²) in [7, 11) is 1.57. The van der Waals surface area contributed by atoms with Crippen molar-refractivity contribution < 1.29 is 9.53 Å². The number of carbonyl (C=O) groups is 1. The quantitative estimate of drug-likeness (QED) is 0.746. The third kappa shape index (κ3) is 3.55. The molecule has 0 spiro atoms. The van der Waals surface area contributed by atoms with Crippen molar-refractivity contribution in [2.24, 2.45) is 5.92 Å². The lowest BCUT2D eigenvalue weighted by Gasteiger charge is -2.31. The van der Waals surface area contributed by atoms with Crippen LogP contribution in [-0.2, 0) is 4.79 Å². The molecule has 1 saturated heterocycles. The summed E-state index contributed by atoms with van der Waals surface area (Å²) in [5.74, 6) is 1.34. The molecular weight excluding hydrogens is 366 g/mol. The smallest absolute Gasteiger partial charge is 0.231 e. The Kier molecular flexibility index (Phi) is 4.85. The molecule has 0 radical (unpaired) electrons. The van der Waals surface area contributed by atoms with Crippen LogP contribution in [0.4, 0.5) is 11.6 Å². The Bertz CT molecular complexity index is 966. The Morgan fingerprint density at radius 1 is 1.22 bits per heavy atom. The predicted molar refractivity (Wildman–Crippen MR) is 105 cm³/mol. The fourth-order valence-electron chi connectivity index (χ4n) is 3.40. The second kappa shape index (κ2) is 7.44. The molecule has 1 fully saturated rings. The molecule has 2 aromatic heterocycles. The number of carbonyl (C=O) groups excluding carboxylic acids is 1. The second-order valence-corrected chi connectivity index (χ2v) is 6.96. The van der Waals surface area contributed by atoms with Gasteiger partial charge in [0.2, 0.25) is 11.9 Å². The van der Waals surface area contributed by atoms with Gasteiger partial charge in [0.05, 0.1) is 12.8 Å². The van der Waals surface area contributed by atoms with Gasteiger partial charge in [-0.1, -0.05) is 17.7 Å². The van der Waals surface area contributed by atoms with Crippen molar-refractivity contribution in [1.29, 1.82) is 0 Å². The Morgan fingerprint density at radius 3 is 2.81 bits per heavy atom. The lowest BCUT2D eigenvalue weighted by molar-refractivity contribution is -0.120. The number of nitrogens with zero attached hydrogens (tertiary/aromatic N) is 4. The zero-order valence-electron chi connectivity index (χ0n) is 14.9. The minimum absolute atomic E-state index is 0.0127. The molecule has 0 unspecified atom stereocenters. The van der Waals surface area contributed by atoms with Gasteiger partial charge in [0, 0.05) is 30.2 Å². The Labute approximate surface area is 161 Å². The SMILES string of the molecule is COc1ccc(Cl)cc1NC(=O)C1CCN(c2nnc3ccccn23)CC1. The van der Waals surface area contributed by atoms with E-state index in [9.17, 15) is 4.79 Å². The standard InChI is InChI=1S/C19H20ClN5O2/c1-27-16-6-5-14(20)12-15(16)21-18(26)13-7-10-24(11-8-13)19-23-22-17-4-2-3-9-25(17)19/h2-6,9,12-13H,7-8,10-11H2,1H3,(H,21,26). The molecule has 3 aromatic rings. The zero-order chi connectivity index (χ0) is 18.8. The maximum atomic E-state index is 12.7. The summed E-state index contributed by atoms with van der Waals surface area (Å²) in [6.07, 6.45) is 3.45. The number of rotatable bonds is 4. The van der Waals surface area contributed by atoms with Gasteiger partial charge in [0.1, 0.15) is 5.75 Å². The number of piperidine rings is 1. The number of ether oxygens (including phenoxy) is 1. The van der Waals surface area contributed by atoms with Crippen LogP contribution in [-0.4, -0.2) is 40.7 Å². The minimum atomic E-state index is -0.0656. The first-order chi connectivity index (χ1) is 13.2. The van der Waals surface area contributed by atoms with Crippen molar-refractivity contribution in [3.05, 3.63) is 47.6 Å². The van der Waals surface area contributed by atoms with Crippen LogP contribution in [0.5, 0.6) is 5.75 Å². The summed E-state index contributed by atoms with van der Waals surface area (Å²) in [4.78, 5) is 14.9. The molecule has 1 N–H and O–H groups in total. The molecule has 0 bridgehead atoms. The fourth-order valence-corrected chi connectivity index (χ4v) is 3.57. The Hall–Kier alpha value is -2.80. The van der Waals surface area contributed by atoms with Crippen molar-refractivity contribution >= 4 is 34.8 Å². The number of benzene rings is 1. The summed E-state index contributed by atoms with van der Waals surface area (Å²) < 4.78 is 7.27. The van der Waals surface area contributed by atoms with E-state index in [1.165, 1.54) is 0 Å². The number of amides is 1. The number of methoxy groups -OCH3 is 1. The monoisotopic (exact) mass is 385 g/mol. The van der Waals surface area contributed by atoms with Crippen molar-refractivity contribution in [1.82, 2.24) is 14.6 Å². The van der Waals surface area contributed by atoms with Gasteiger partial charge in [-0.15, -0.1) is 10.2 Å². The molecule has 8 heteroatoms. The van der Waals surface area contributed by atoms with E-state index in [1.54, 1.807) is 25.3 Å². The van der Waals surface area contributed by atoms with Crippen LogP contribution < -0.4 is 15.0 Å². The van der Waals surface area contributed by atoms with E-state index in [0.717, 1.165) is 37.5 Å². The number of hydrogen-bond donors (Lipinski definition) is 1. The first-order valence-corrected chi connectivity index (χ1v) is 9.22. The normalized spacial score (nSPS) is 15.1. The van der Waals surface area contributed by atoms with Crippen LogP contribution in [0.1, 0.15) is 12.8 Å². The summed E-state index contributed by atoms with van der Waals surface area (Å²) in [5.41, 5.74) is 1.42. The topological polar surface area (TPSA) is 71.8 Å². The highest BCUT2D eigenvalue weighted by Crippen LogP contribution is 2.29. The molecule has 27 heavy (non-hydrogen) atoms. The lowest BCUT2D eigenvalue weighted by Crippen LogP contribution is -2.39.